The predicted octanol–water partition coefficient (Wildman–Crippen LogP) is 0.197. The summed E-state index contributed by atoms with van der Waals surface area (Å²) in [5.74, 6) is 3.04. The Morgan fingerprint density at radius 2 is 1.89 bits per heavy atom. The third kappa shape index (κ3) is 5.20. The van der Waals surface area contributed by atoms with Gasteiger partial charge in [0, 0.05) is 44.2 Å². The highest BCUT2D eigenvalue weighted by Crippen LogP contribution is 2.10. The van der Waals surface area contributed by atoms with Crippen LogP contribution in [0.1, 0.15) is 19.3 Å². The van der Waals surface area contributed by atoms with Crippen LogP contribution in [0.2, 0.25) is 0 Å². The highest BCUT2D eigenvalue weighted by molar-refractivity contribution is 7.99. The average molecular weight is 286 g/mol. The smallest absolute Gasteiger partial charge is 0.191 e. The van der Waals surface area contributed by atoms with Crippen LogP contribution in [0.3, 0.4) is 0 Å². The van der Waals surface area contributed by atoms with Crippen LogP contribution < -0.4 is 5.73 Å². The van der Waals surface area contributed by atoms with Gasteiger partial charge >= 0.3 is 0 Å². The van der Waals surface area contributed by atoms with Gasteiger partial charge < -0.3 is 20.6 Å². The van der Waals surface area contributed by atoms with E-state index in [4.69, 9.17) is 5.73 Å². The molecular formula is C13H26N4OS. The zero-order valence-corrected chi connectivity index (χ0v) is 12.4. The minimum atomic E-state index is -0.0816. The Kier molecular flexibility index (Phi) is 6.26. The molecule has 110 valence electrons. The molecule has 0 aromatic rings. The monoisotopic (exact) mass is 286 g/mol. The van der Waals surface area contributed by atoms with Crippen LogP contribution in [0, 0.1) is 0 Å². The van der Waals surface area contributed by atoms with Crippen LogP contribution in [0.15, 0.2) is 4.99 Å². The number of thioether (sulfide) groups is 1. The van der Waals surface area contributed by atoms with Crippen LogP contribution in [-0.2, 0) is 0 Å². The van der Waals surface area contributed by atoms with Gasteiger partial charge in [0.2, 0.25) is 0 Å². The second-order valence-corrected chi connectivity index (χ2v) is 6.49. The molecule has 2 heterocycles. The first-order valence-corrected chi connectivity index (χ1v) is 8.44. The Morgan fingerprint density at radius 3 is 2.58 bits per heavy atom. The highest BCUT2D eigenvalue weighted by atomic mass is 32.2. The molecule has 0 aromatic heterocycles. The Labute approximate surface area is 120 Å². The number of likely N-dealkylation sites (tertiary alicyclic amines) is 1. The molecule has 0 atom stereocenters. The van der Waals surface area contributed by atoms with E-state index in [2.05, 4.69) is 14.8 Å². The van der Waals surface area contributed by atoms with Gasteiger partial charge in [0.15, 0.2) is 5.96 Å². The molecule has 0 aromatic carbocycles. The molecule has 2 saturated heterocycles. The minimum Gasteiger partial charge on any atom is -0.393 e. The number of nitrogens with two attached hydrogens (primary N) is 1. The van der Waals surface area contributed by atoms with Gasteiger partial charge in [-0.3, -0.25) is 4.99 Å². The second kappa shape index (κ2) is 7.97. The first-order chi connectivity index (χ1) is 9.25. The van der Waals surface area contributed by atoms with E-state index in [1.165, 1.54) is 0 Å². The highest BCUT2D eigenvalue weighted by Gasteiger charge is 2.16. The molecule has 2 fully saturated rings. The molecule has 0 unspecified atom stereocenters. The lowest BCUT2D eigenvalue weighted by Crippen LogP contribution is -2.42. The summed E-state index contributed by atoms with van der Waals surface area (Å²) in [4.78, 5) is 9.08. The van der Waals surface area contributed by atoms with E-state index in [0.29, 0.717) is 0 Å². The minimum absolute atomic E-state index is 0.0816. The molecule has 0 bridgehead atoms. The number of hydrogen-bond donors (Lipinski definition) is 2. The summed E-state index contributed by atoms with van der Waals surface area (Å²) in [6.45, 7) is 5.98. The van der Waals surface area contributed by atoms with Crippen molar-refractivity contribution in [3.8, 4) is 0 Å². The number of aliphatic hydroxyl groups is 1. The van der Waals surface area contributed by atoms with E-state index in [-0.39, 0.29) is 6.10 Å². The SMILES string of the molecule is NC(=NCCCN1CCC(O)CC1)N1CCSCC1. The number of piperidine rings is 1. The summed E-state index contributed by atoms with van der Waals surface area (Å²) in [5.41, 5.74) is 6.01. The first kappa shape index (κ1) is 14.9. The summed E-state index contributed by atoms with van der Waals surface area (Å²) in [5, 5.41) is 9.44. The van der Waals surface area contributed by atoms with E-state index >= 15 is 0 Å². The van der Waals surface area contributed by atoms with Crippen molar-refractivity contribution >= 4 is 17.7 Å². The van der Waals surface area contributed by atoms with Gasteiger partial charge in [0.05, 0.1) is 6.10 Å². The largest absolute Gasteiger partial charge is 0.393 e. The first-order valence-electron chi connectivity index (χ1n) is 7.29. The summed E-state index contributed by atoms with van der Waals surface area (Å²) in [6.07, 6.45) is 2.80. The van der Waals surface area contributed by atoms with E-state index < -0.39 is 0 Å². The van der Waals surface area contributed by atoms with Crippen LogP contribution in [0.25, 0.3) is 0 Å². The van der Waals surface area contributed by atoms with Crippen LogP contribution >= 0.6 is 11.8 Å². The van der Waals surface area contributed by atoms with Crippen molar-refractivity contribution in [3.05, 3.63) is 0 Å². The molecule has 0 amide bonds. The molecular weight excluding hydrogens is 260 g/mol. The fraction of sp³-hybridized carbons (Fsp3) is 0.923. The molecule has 0 aliphatic carbocycles. The fourth-order valence-electron chi connectivity index (χ4n) is 2.52. The van der Waals surface area contributed by atoms with Gasteiger partial charge in [-0.2, -0.15) is 11.8 Å². The molecule has 2 aliphatic rings. The summed E-state index contributed by atoms with van der Waals surface area (Å²) in [6, 6.07) is 0. The maximum atomic E-state index is 9.44. The Hall–Kier alpha value is -0.460. The van der Waals surface area contributed by atoms with Gasteiger partial charge in [-0.1, -0.05) is 0 Å². The van der Waals surface area contributed by atoms with E-state index in [1.54, 1.807) is 0 Å². The number of rotatable bonds is 4. The van der Waals surface area contributed by atoms with Gasteiger partial charge in [-0.15, -0.1) is 0 Å². The molecule has 5 nitrogen and oxygen atoms in total. The molecule has 0 radical (unpaired) electrons. The topological polar surface area (TPSA) is 65.1 Å². The molecule has 6 heteroatoms. The standard InChI is InChI=1S/C13H26N4OS/c14-13(17-8-10-19-11-9-17)15-4-1-5-16-6-2-12(18)3-7-16/h12,18H,1-11H2,(H2,14,15). The van der Waals surface area contributed by atoms with Gasteiger partial charge in [-0.25, -0.2) is 0 Å². The Balaban J connectivity index is 1.60. The van der Waals surface area contributed by atoms with Crippen LogP contribution in [0.4, 0.5) is 0 Å². The van der Waals surface area contributed by atoms with E-state index in [1.807, 2.05) is 11.8 Å². The van der Waals surface area contributed by atoms with Crippen molar-refractivity contribution in [3.63, 3.8) is 0 Å². The number of hydrogen-bond acceptors (Lipinski definition) is 4. The van der Waals surface area contributed by atoms with Crippen molar-refractivity contribution in [2.45, 2.75) is 25.4 Å². The Morgan fingerprint density at radius 1 is 1.21 bits per heavy atom. The third-order valence-corrected chi connectivity index (χ3v) is 4.74. The Bertz CT molecular complexity index is 286. The summed E-state index contributed by atoms with van der Waals surface area (Å²) < 4.78 is 0. The fourth-order valence-corrected chi connectivity index (χ4v) is 3.43. The van der Waals surface area contributed by atoms with Crippen LogP contribution in [-0.4, -0.2) is 77.7 Å². The van der Waals surface area contributed by atoms with Crippen LogP contribution in [0.5, 0.6) is 0 Å². The molecule has 0 saturated carbocycles. The predicted molar refractivity (Wildman–Crippen MR) is 81.7 cm³/mol. The lowest BCUT2D eigenvalue weighted by atomic mass is 10.1. The van der Waals surface area contributed by atoms with Crippen molar-refractivity contribution in [2.75, 3.05) is 50.8 Å². The number of aliphatic hydroxyl groups excluding tert-OH is 1. The number of guanidine groups is 1. The van der Waals surface area contributed by atoms with E-state index in [9.17, 15) is 5.11 Å². The van der Waals surface area contributed by atoms with Crippen molar-refractivity contribution < 1.29 is 5.11 Å². The van der Waals surface area contributed by atoms with Gasteiger partial charge in [0.25, 0.3) is 0 Å². The zero-order chi connectivity index (χ0) is 13.5. The second-order valence-electron chi connectivity index (χ2n) is 5.27. The third-order valence-electron chi connectivity index (χ3n) is 3.80. The summed E-state index contributed by atoms with van der Waals surface area (Å²) >= 11 is 1.98. The normalized spacial score (nSPS) is 23.8. The van der Waals surface area contributed by atoms with Crippen molar-refractivity contribution in [1.82, 2.24) is 9.80 Å². The molecule has 19 heavy (non-hydrogen) atoms. The molecule has 2 aliphatic heterocycles. The van der Waals surface area contributed by atoms with Crippen molar-refractivity contribution in [2.24, 2.45) is 10.7 Å². The maximum absolute atomic E-state index is 9.44. The maximum Gasteiger partial charge on any atom is 0.191 e. The summed E-state index contributed by atoms with van der Waals surface area (Å²) in [7, 11) is 0. The average Bonchev–Trinajstić information content (AvgIpc) is 2.46. The lowest BCUT2D eigenvalue weighted by molar-refractivity contribution is 0.0824. The number of nitrogens with zero attached hydrogens (tertiary/aromatic N) is 3. The van der Waals surface area contributed by atoms with Gasteiger partial charge in [0.1, 0.15) is 0 Å². The van der Waals surface area contributed by atoms with E-state index in [0.717, 1.165) is 76.0 Å². The zero-order valence-electron chi connectivity index (χ0n) is 11.6. The quantitative estimate of drug-likeness (QED) is 0.439. The number of aliphatic imine (C=N–C) groups is 1. The molecule has 0 spiro atoms. The molecule has 2 rings (SSSR count). The lowest BCUT2D eigenvalue weighted by Gasteiger charge is -2.29. The van der Waals surface area contributed by atoms with Gasteiger partial charge in [-0.05, 0) is 25.8 Å². The van der Waals surface area contributed by atoms with Crippen molar-refractivity contribution in [1.29, 1.82) is 0 Å². The molecule has 3 N–H and O–H groups in total.